The second-order valence-corrected chi connectivity index (χ2v) is 5.06. The lowest BCUT2D eigenvalue weighted by Gasteiger charge is -2.31. The van der Waals surface area contributed by atoms with Crippen molar-refractivity contribution in [1.82, 2.24) is 10.3 Å². The number of hydrogen-bond acceptors (Lipinski definition) is 5. The number of hydrogen-bond donors (Lipinski definition) is 1. The Hall–Kier alpha value is -2.26. The molecule has 0 aliphatic carbocycles. The Balaban J connectivity index is 2.56. The molecular weight excluding hydrogens is 286 g/mol. The fourth-order valence-corrected chi connectivity index (χ4v) is 2.76. The van der Waals surface area contributed by atoms with Gasteiger partial charge in [0, 0.05) is 24.0 Å². The minimum Gasteiger partial charge on any atom is -0.463 e. The molecule has 2 heterocycles. The molecule has 5 nitrogen and oxygen atoms in total. The number of thiocarbonyl (C=S) groups is 1. The van der Waals surface area contributed by atoms with Gasteiger partial charge in [0.25, 0.3) is 0 Å². The lowest BCUT2D eigenvalue weighted by atomic mass is 9.78. The molecule has 108 valence electrons. The van der Waals surface area contributed by atoms with Crippen LogP contribution in [0.4, 0.5) is 0 Å². The van der Waals surface area contributed by atoms with Crippen molar-refractivity contribution in [3.8, 4) is 6.07 Å². The standard InChI is InChI=1S/C15H15N3O2S/c1-3-20-15(19)12-9(2)18-14(21)11(7-16)13(12)10-5-4-6-17-8-10/h4-6,8,11,13H,3H2,1-2H3,(H,18,21). The van der Waals surface area contributed by atoms with Gasteiger partial charge >= 0.3 is 5.97 Å². The van der Waals surface area contributed by atoms with Crippen molar-refractivity contribution in [2.24, 2.45) is 5.92 Å². The maximum absolute atomic E-state index is 12.3. The predicted octanol–water partition coefficient (Wildman–Crippen LogP) is 2.07. The number of pyridine rings is 1. The molecule has 0 saturated carbocycles. The van der Waals surface area contributed by atoms with Crippen LogP contribution in [-0.4, -0.2) is 22.5 Å². The number of aromatic nitrogens is 1. The van der Waals surface area contributed by atoms with E-state index in [0.29, 0.717) is 16.3 Å². The molecule has 21 heavy (non-hydrogen) atoms. The van der Waals surface area contributed by atoms with Crippen LogP contribution in [0.15, 0.2) is 35.8 Å². The number of ether oxygens (including phenoxy) is 1. The molecule has 0 saturated heterocycles. The Morgan fingerprint density at radius 1 is 1.62 bits per heavy atom. The van der Waals surface area contributed by atoms with E-state index in [1.54, 1.807) is 32.3 Å². The van der Waals surface area contributed by atoms with E-state index in [2.05, 4.69) is 16.4 Å². The largest absolute Gasteiger partial charge is 0.463 e. The third kappa shape index (κ3) is 2.93. The molecule has 1 aliphatic heterocycles. The highest BCUT2D eigenvalue weighted by Gasteiger charge is 2.39. The van der Waals surface area contributed by atoms with Gasteiger partial charge in [0.2, 0.25) is 0 Å². The van der Waals surface area contributed by atoms with E-state index in [4.69, 9.17) is 17.0 Å². The van der Waals surface area contributed by atoms with Crippen LogP contribution in [0.1, 0.15) is 25.3 Å². The first-order valence-electron chi connectivity index (χ1n) is 6.58. The van der Waals surface area contributed by atoms with Gasteiger partial charge in [-0.1, -0.05) is 18.3 Å². The summed E-state index contributed by atoms with van der Waals surface area (Å²) in [5.41, 5.74) is 1.83. The Morgan fingerprint density at radius 3 is 2.95 bits per heavy atom. The predicted molar refractivity (Wildman–Crippen MR) is 81.1 cm³/mol. The van der Waals surface area contributed by atoms with Gasteiger partial charge in [-0.25, -0.2) is 4.79 Å². The normalized spacial score (nSPS) is 21.5. The number of nitriles is 1. The Kier molecular flexibility index (Phi) is 4.66. The summed E-state index contributed by atoms with van der Waals surface area (Å²) in [7, 11) is 0. The van der Waals surface area contributed by atoms with Gasteiger partial charge in [-0.05, 0) is 25.5 Å². The van der Waals surface area contributed by atoms with Gasteiger partial charge in [-0.2, -0.15) is 5.26 Å². The fraction of sp³-hybridized carbons (Fsp3) is 0.333. The molecule has 2 atom stereocenters. The lowest BCUT2D eigenvalue weighted by molar-refractivity contribution is -0.139. The Labute approximate surface area is 128 Å². The van der Waals surface area contributed by atoms with E-state index >= 15 is 0 Å². The number of carbonyl (C=O) groups excluding carboxylic acids is 1. The molecule has 0 radical (unpaired) electrons. The molecule has 1 N–H and O–H groups in total. The van der Waals surface area contributed by atoms with Gasteiger partial charge < -0.3 is 10.1 Å². The number of esters is 1. The highest BCUT2D eigenvalue weighted by molar-refractivity contribution is 7.80. The molecule has 1 aliphatic rings. The van der Waals surface area contributed by atoms with Crippen LogP contribution >= 0.6 is 12.2 Å². The fourth-order valence-electron chi connectivity index (χ4n) is 2.42. The summed E-state index contributed by atoms with van der Waals surface area (Å²) in [6.07, 6.45) is 3.29. The third-order valence-corrected chi connectivity index (χ3v) is 3.68. The first kappa shape index (κ1) is 15.1. The van der Waals surface area contributed by atoms with Crippen LogP contribution in [0, 0.1) is 17.2 Å². The van der Waals surface area contributed by atoms with Crippen molar-refractivity contribution in [3.05, 3.63) is 41.4 Å². The summed E-state index contributed by atoms with van der Waals surface area (Å²) in [6.45, 7) is 3.78. The first-order valence-corrected chi connectivity index (χ1v) is 6.99. The van der Waals surface area contributed by atoms with Crippen molar-refractivity contribution < 1.29 is 9.53 Å². The number of allylic oxidation sites excluding steroid dienone is 1. The minimum absolute atomic E-state index is 0.275. The van der Waals surface area contributed by atoms with E-state index in [-0.39, 0.29) is 6.61 Å². The average Bonchev–Trinajstić information content (AvgIpc) is 2.47. The summed E-state index contributed by atoms with van der Waals surface area (Å²) in [4.78, 5) is 16.8. The van der Waals surface area contributed by atoms with Crippen molar-refractivity contribution >= 4 is 23.2 Å². The summed E-state index contributed by atoms with van der Waals surface area (Å²) >= 11 is 5.24. The zero-order valence-corrected chi connectivity index (χ0v) is 12.6. The summed E-state index contributed by atoms with van der Waals surface area (Å²) < 4.78 is 5.12. The smallest absolute Gasteiger partial charge is 0.336 e. The topological polar surface area (TPSA) is 75.0 Å². The van der Waals surface area contributed by atoms with Gasteiger partial charge in [0.1, 0.15) is 5.92 Å². The first-order chi connectivity index (χ1) is 10.1. The van der Waals surface area contributed by atoms with Crippen LogP contribution < -0.4 is 5.32 Å². The van der Waals surface area contributed by atoms with Gasteiger partial charge in [-0.3, -0.25) is 4.98 Å². The zero-order valence-electron chi connectivity index (χ0n) is 11.8. The zero-order chi connectivity index (χ0) is 15.4. The van der Waals surface area contributed by atoms with Gasteiger partial charge in [0.05, 0.1) is 23.2 Å². The monoisotopic (exact) mass is 301 g/mol. The molecule has 0 bridgehead atoms. The van der Waals surface area contributed by atoms with Crippen molar-refractivity contribution in [3.63, 3.8) is 0 Å². The van der Waals surface area contributed by atoms with Crippen LogP contribution in [0.3, 0.4) is 0 Å². The molecule has 1 aromatic heterocycles. The van der Waals surface area contributed by atoms with Crippen LogP contribution in [0.5, 0.6) is 0 Å². The summed E-state index contributed by atoms with van der Waals surface area (Å²) in [6, 6.07) is 5.78. The van der Waals surface area contributed by atoms with Crippen molar-refractivity contribution in [2.75, 3.05) is 6.61 Å². The second kappa shape index (κ2) is 6.46. The molecular formula is C15H15N3O2S. The lowest BCUT2D eigenvalue weighted by Crippen LogP contribution is -2.40. The number of rotatable bonds is 3. The SMILES string of the molecule is CCOC(=O)C1=C(C)NC(=S)C(C#N)C1c1cccnc1. The average molecular weight is 301 g/mol. The maximum atomic E-state index is 12.3. The highest BCUT2D eigenvalue weighted by atomic mass is 32.1. The summed E-state index contributed by atoms with van der Waals surface area (Å²) in [5.74, 6) is -1.51. The van der Waals surface area contributed by atoms with Gasteiger partial charge in [-0.15, -0.1) is 0 Å². The number of carbonyl (C=O) groups is 1. The van der Waals surface area contributed by atoms with Crippen LogP contribution in [0.2, 0.25) is 0 Å². The van der Waals surface area contributed by atoms with Crippen molar-refractivity contribution in [1.29, 1.82) is 5.26 Å². The maximum Gasteiger partial charge on any atom is 0.336 e. The molecule has 6 heteroatoms. The Morgan fingerprint density at radius 2 is 2.38 bits per heavy atom. The van der Waals surface area contributed by atoms with Crippen molar-refractivity contribution in [2.45, 2.75) is 19.8 Å². The number of nitrogens with zero attached hydrogens (tertiary/aromatic N) is 2. The van der Waals surface area contributed by atoms with E-state index < -0.39 is 17.8 Å². The quantitative estimate of drug-likeness (QED) is 0.680. The van der Waals surface area contributed by atoms with Gasteiger partial charge in [0.15, 0.2) is 0 Å². The number of nitrogens with one attached hydrogen (secondary N) is 1. The van der Waals surface area contributed by atoms with E-state index in [1.807, 2.05) is 6.07 Å². The molecule has 0 amide bonds. The minimum atomic E-state index is -0.618. The molecule has 0 spiro atoms. The highest BCUT2D eigenvalue weighted by Crippen LogP contribution is 2.37. The van der Waals surface area contributed by atoms with E-state index in [0.717, 1.165) is 5.56 Å². The van der Waals surface area contributed by atoms with E-state index in [9.17, 15) is 10.1 Å². The van der Waals surface area contributed by atoms with E-state index in [1.165, 1.54) is 0 Å². The molecule has 0 fully saturated rings. The summed E-state index contributed by atoms with van der Waals surface area (Å²) in [5, 5.41) is 12.4. The molecule has 2 rings (SSSR count). The molecule has 1 aromatic rings. The Bertz CT molecular complexity index is 634. The molecule has 2 unspecified atom stereocenters. The van der Waals surface area contributed by atoms with Crippen LogP contribution in [-0.2, 0) is 9.53 Å². The molecule has 0 aromatic carbocycles. The second-order valence-electron chi connectivity index (χ2n) is 4.62. The van der Waals surface area contributed by atoms with Crippen LogP contribution in [0.25, 0.3) is 0 Å². The third-order valence-electron chi connectivity index (χ3n) is 3.32.